The lowest BCUT2D eigenvalue weighted by Crippen LogP contribution is -2.58. The molecule has 0 N–H and O–H groups in total. The first-order valence-electron chi connectivity index (χ1n) is 20.5. The van der Waals surface area contributed by atoms with Crippen LogP contribution in [0.2, 0.25) is 0 Å². The number of rotatable bonds is 15. The number of unbranched alkanes of at least 4 members (excludes halogenated alkanes) is 1. The van der Waals surface area contributed by atoms with E-state index < -0.39 is 0 Å². The van der Waals surface area contributed by atoms with Crippen molar-refractivity contribution < 1.29 is 9.59 Å². The molecule has 10 nitrogen and oxygen atoms in total. The van der Waals surface area contributed by atoms with Gasteiger partial charge >= 0.3 is 17.1 Å². The van der Waals surface area contributed by atoms with Crippen molar-refractivity contribution in [3.05, 3.63) is 31.5 Å². The number of nitrogens with zero attached hydrogens (tertiary/aromatic N) is 5. The summed E-state index contributed by atoms with van der Waals surface area (Å²) in [6.07, 6.45) is 26.8. The minimum atomic E-state index is -0.378. The Kier molecular flexibility index (Phi) is 14.7. The fraction of sp³-hybridized carbons (Fsp3) is 0.875. The topological polar surface area (TPSA) is 125 Å². The monoisotopic (exact) mass is 693 g/mol. The average Bonchev–Trinajstić information content (AvgIpc) is 3.13. The standard InChI is InChI=1S/C40H63N5O5/c1-3-7-33(41-27-46)9-6-5-8-30-14-22-36(23-15-30)44-38(48)43(35-20-12-29(4-2)13-21-35)39(49)45(40(44)50)37-24-16-32(17-25-37)26-31-10-18-34(19-11-31)42-28-47/h29-37H,3-26H2,1-2H3. The van der Waals surface area contributed by atoms with Crippen LogP contribution < -0.4 is 17.1 Å². The van der Waals surface area contributed by atoms with Crippen molar-refractivity contribution >= 4 is 12.2 Å². The van der Waals surface area contributed by atoms with E-state index in [0.717, 1.165) is 148 Å². The summed E-state index contributed by atoms with van der Waals surface area (Å²) in [5.74, 6) is 2.45. The third-order valence-electron chi connectivity index (χ3n) is 13.3. The molecule has 0 amide bonds. The van der Waals surface area contributed by atoms with Crippen LogP contribution in [0.1, 0.15) is 186 Å². The summed E-state index contributed by atoms with van der Waals surface area (Å²) < 4.78 is 4.55. The number of hydrogen-bond acceptors (Lipinski definition) is 7. The van der Waals surface area contributed by atoms with Gasteiger partial charge in [0.25, 0.3) is 0 Å². The Hall–Kier alpha value is -2.83. The Balaban J connectivity index is 1.27. The smallest absolute Gasteiger partial charge is 0.247 e. The van der Waals surface area contributed by atoms with Crippen molar-refractivity contribution in [3.8, 4) is 0 Å². The third-order valence-corrected chi connectivity index (χ3v) is 13.3. The van der Waals surface area contributed by atoms with Crippen molar-refractivity contribution in [1.82, 2.24) is 13.7 Å². The molecule has 0 saturated heterocycles. The highest BCUT2D eigenvalue weighted by Gasteiger charge is 2.34. The molecule has 1 aromatic rings. The molecule has 278 valence electrons. The molecule has 1 heterocycles. The average molecular weight is 694 g/mol. The van der Waals surface area contributed by atoms with Crippen LogP contribution >= 0.6 is 0 Å². The van der Waals surface area contributed by atoms with Crippen LogP contribution in [-0.4, -0.2) is 37.9 Å². The second-order valence-electron chi connectivity index (χ2n) is 16.5. The molecule has 4 fully saturated rings. The minimum Gasteiger partial charge on any atom is -0.247 e. The lowest BCUT2D eigenvalue weighted by molar-refractivity contribution is 0.184. The minimum absolute atomic E-state index is 0.0839. The van der Waals surface area contributed by atoms with Crippen LogP contribution in [0.15, 0.2) is 24.4 Å². The Bertz CT molecular complexity index is 1480. The molecule has 0 aliphatic heterocycles. The Labute approximate surface area is 298 Å². The number of isocyanates is 2. The molecule has 4 aliphatic rings. The first kappa shape index (κ1) is 38.4. The zero-order chi connectivity index (χ0) is 35.5. The quantitative estimate of drug-likeness (QED) is 0.104. The Morgan fingerprint density at radius 2 is 1.04 bits per heavy atom. The van der Waals surface area contributed by atoms with E-state index >= 15 is 0 Å². The van der Waals surface area contributed by atoms with E-state index in [1.54, 1.807) is 12.2 Å². The molecule has 0 radical (unpaired) electrons. The van der Waals surface area contributed by atoms with Gasteiger partial charge in [0.15, 0.2) is 0 Å². The summed E-state index contributed by atoms with van der Waals surface area (Å²) in [7, 11) is 0. The zero-order valence-electron chi connectivity index (χ0n) is 30.9. The highest BCUT2D eigenvalue weighted by molar-refractivity contribution is 5.33. The van der Waals surface area contributed by atoms with Gasteiger partial charge in [-0.1, -0.05) is 46.0 Å². The normalized spacial score (nSPS) is 30.9. The van der Waals surface area contributed by atoms with Crippen molar-refractivity contribution in [1.29, 1.82) is 0 Å². The summed E-state index contributed by atoms with van der Waals surface area (Å²) >= 11 is 0. The van der Waals surface area contributed by atoms with Crippen LogP contribution in [0.4, 0.5) is 0 Å². The molecule has 50 heavy (non-hydrogen) atoms. The molecule has 1 atom stereocenters. The van der Waals surface area contributed by atoms with Gasteiger partial charge < -0.3 is 0 Å². The van der Waals surface area contributed by atoms with Crippen molar-refractivity contribution in [2.24, 2.45) is 33.7 Å². The van der Waals surface area contributed by atoms with Crippen LogP contribution in [0.5, 0.6) is 0 Å². The predicted octanol–water partition coefficient (Wildman–Crippen LogP) is 8.13. The van der Waals surface area contributed by atoms with Gasteiger partial charge in [-0.3, -0.25) is 0 Å². The molecule has 0 spiro atoms. The lowest BCUT2D eigenvalue weighted by atomic mass is 9.76. The summed E-state index contributed by atoms with van der Waals surface area (Å²) in [4.78, 5) is 72.2. The highest BCUT2D eigenvalue weighted by atomic mass is 16.2. The van der Waals surface area contributed by atoms with Gasteiger partial charge in [0.05, 0.1) is 12.1 Å². The van der Waals surface area contributed by atoms with Crippen LogP contribution in [-0.2, 0) is 9.59 Å². The molecular weight excluding hydrogens is 630 g/mol. The van der Waals surface area contributed by atoms with Crippen molar-refractivity contribution in [2.45, 2.75) is 198 Å². The van der Waals surface area contributed by atoms with Gasteiger partial charge in [0, 0.05) is 18.1 Å². The van der Waals surface area contributed by atoms with Gasteiger partial charge in [0.2, 0.25) is 12.2 Å². The molecule has 10 heteroatoms. The summed E-state index contributed by atoms with van der Waals surface area (Å²) in [5.41, 5.74) is -1.12. The second kappa shape index (κ2) is 19.1. The molecule has 5 rings (SSSR count). The van der Waals surface area contributed by atoms with Gasteiger partial charge in [-0.15, -0.1) is 0 Å². The van der Waals surface area contributed by atoms with E-state index in [2.05, 4.69) is 23.8 Å². The van der Waals surface area contributed by atoms with Crippen LogP contribution in [0.3, 0.4) is 0 Å². The van der Waals surface area contributed by atoms with Crippen LogP contribution in [0.25, 0.3) is 0 Å². The fourth-order valence-electron chi connectivity index (χ4n) is 10.2. The lowest BCUT2D eigenvalue weighted by Gasteiger charge is -2.35. The van der Waals surface area contributed by atoms with E-state index in [0.29, 0.717) is 23.7 Å². The van der Waals surface area contributed by atoms with E-state index in [-0.39, 0.29) is 47.3 Å². The maximum absolute atomic E-state index is 14.3. The highest BCUT2D eigenvalue weighted by Crippen LogP contribution is 2.39. The molecule has 1 aromatic heterocycles. The van der Waals surface area contributed by atoms with E-state index in [9.17, 15) is 24.0 Å². The van der Waals surface area contributed by atoms with Crippen molar-refractivity contribution in [2.75, 3.05) is 0 Å². The van der Waals surface area contributed by atoms with Gasteiger partial charge in [0.1, 0.15) is 0 Å². The number of carbonyl (C=O) groups excluding carboxylic acids is 2. The summed E-state index contributed by atoms with van der Waals surface area (Å²) in [5, 5.41) is 0. The number of aromatic nitrogens is 3. The van der Waals surface area contributed by atoms with Crippen LogP contribution in [0, 0.1) is 23.7 Å². The fourth-order valence-corrected chi connectivity index (χ4v) is 10.2. The molecule has 4 saturated carbocycles. The number of aliphatic imine (C=N–C) groups is 2. The van der Waals surface area contributed by atoms with Gasteiger partial charge in [-0.05, 0) is 146 Å². The second-order valence-corrected chi connectivity index (χ2v) is 16.5. The maximum atomic E-state index is 14.3. The maximum Gasteiger partial charge on any atom is 0.336 e. The van der Waals surface area contributed by atoms with Gasteiger partial charge in [-0.2, -0.15) is 0 Å². The number of hydrogen-bond donors (Lipinski definition) is 0. The largest absolute Gasteiger partial charge is 0.336 e. The Morgan fingerprint density at radius 1 is 0.580 bits per heavy atom. The predicted molar refractivity (Wildman–Crippen MR) is 196 cm³/mol. The summed E-state index contributed by atoms with van der Waals surface area (Å²) in [6.45, 7) is 4.33. The molecule has 4 aliphatic carbocycles. The molecule has 0 bridgehead atoms. The molecule has 0 aromatic carbocycles. The molecular formula is C40H63N5O5. The molecule has 1 unspecified atom stereocenters. The first-order chi connectivity index (χ1) is 24.4. The van der Waals surface area contributed by atoms with E-state index in [1.165, 1.54) is 20.1 Å². The third kappa shape index (κ3) is 9.73. The first-order valence-corrected chi connectivity index (χ1v) is 20.5. The Morgan fingerprint density at radius 3 is 1.48 bits per heavy atom. The van der Waals surface area contributed by atoms with E-state index in [1.807, 2.05) is 0 Å². The van der Waals surface area contributed by atoms with Gasteiger partial charge in [-0.25, -0.2) is 47.7 Å². The summed E-state index contributed by atoms with van der Waals surface area (Å²) in [6, 6.07) is -0.245. The van der Waals surface area contributed by atoms with E-state index in [4.69, 9.17) is 0 Å². The zero-order valence-corrected chi connectivity index (χ0v) is 30.9. The van der Waals surface area contributed by atoms with Crippen molar-refractivity contribution in [3.63, 3.8) is 0 Å². The SMILES string of the molecule is CCCC(CCCCC1CCC(n2c(=O)n(C3CCC(CC)CC3)c(=O)n(C3CCC(CC4CCC(N=C=O)CC4)CC3)c2=O)CC1)N=C=O.